The molecule has 0 aliphatic carbocycles. The van der Waals surface area contributed by atoms with Crippen LogP contribution in [0.15, 0.2) is 24.2 Å². The number of fused-ring (bicyclic) bond motifs is 2. The molecule has 6 aliphatic heterocycles. The number of rotatable bonds is 3. The van der Waals surface area contributed by atoms with Crippen LogP contribution in [-0.4, -0.2) is 203 Å². The maximum Gasteiger partial charge on any atom is 0.411 e. The quantitative estimate of drug-likeness (QED) is 0.344. The van der Waals surface area contributed by atoms with Crippen molar-refractivity contribution in [2.45, 2.75) is 112 Å². The summed E-state index contributed by atoms with van der Waals surface area (Å²) in [6, 6.07) is 0. The molecule has 0 aromatic carbocycles. The lowest BCUT2D eigenvalue weighted by Gasteiger charge is -2.32. The van der Waals surface area contributed by atoms with Gasteiger partial charge in [0.2, 0.25) is 11.9 Å². The Morgan fingerprint density at radius 3 is 1.51 bits per heavy atom. The van der Waals surface area contributed by atoms with Crippen molar-refractivity contribution in [2.24, 2.45) is 0 Å². The van der Waals surface area contributed by atoms with Crippen LogP contribution >= 0.6 is 0 Å². The number of nitrogens with zero attached hydrogens (tertiary/aromatic N) is 12. The van der Waals surface area contributed by atoms with Gasteiger partial charge in [0.1, 0.15) is 16.8 Å². The van der Waals surface area contributed by atoms with E-state index in [-0.39, 0.29) is 30.7 Å². The molecule has 4 fully saturated rings. The van der Waals surface area contributed by atoms with E-state index in [2.05, 4.69) is 58.9 Å². The Hall–Kier alpha value is -5.67. The maximum absolute atomic E-state index is 12.2. The second-order valence-corrected chi connectivity index (χ2v) is 21.4. The number of likely N-dealkylation sites (tertiary alicyclic amines) is 2. The fraction of sp³-hybridized carbons (Fsp3) is 0.688. The van der Waals surface area contributed by atoms with Crippen LogP contribution in [0.5, 0.6) is 0 Å². The zero-order valence-corrected chi connectivity index (χ0v) is 43.4. The first-order chi connectivity index (χ1) is 32.2. The Balaban J connectivity index is 0.000000175. The third kappa shape index (κ3) is 17.4. The standard InChI is InChI=1S/C16H25N5O2.C12H20N2O3.C11H17N5.C9H15NO3/c1-16(2,3)23-15(22)21-10-12-9-17-14(18-13(12)11-21)20-7-5-19(4)6-8-20;1-12(2,3)17-11(16)14-7-9(6-13(4)5)10(15)8-14;1-15-2-4-16(5-3-15)11-13-7-9-6-12-8-10(9)14-11;1-9(2,3)13-8(12)10-5-4-7(11)6-10/h9H,5-8,10-11H2,1-4H3;6H,7-8H2,1-5H3;7,12H,2-6,8H2,1H3;4-6H2,1-3H3/b;9-6+;;. The average Bonchev–Trinajstić information content (AvgIpc) is 4.07. The van der Waals surface area contributed by atoms with Crippen molar-refractivity contribution < 1.29 is 38.2 Å². The van der Waals surface area contributed by atoms with Crippen LogP contribution in [0, 0.1) is 0 Å². The summed E-state index contributed by atoms with van der Waals surface area (Å²) >= 11 is 0. The van der Waals surface area contributed by atoms with E-state index in [0.717, 1.165) is 88.6 Å². The third-order valence-corrected chi connectivity index (χ3v) is 11.2. The fourth-order valence-corrected chi connectivity index (χ4v) is 7.58. The Morgan fingerprint density at radius 2 is 1.04 bits per heavy atom. The number of likely N-dealkylation sites (N-methyl/N-ethyl adjacent to an activating group) is 2. The van der Waals surface area contributed by atoms with Gasteiger partial charge >= 0.3 is 18.3 Å². The van der Waals surface area contributed by atoms with Gasteiger partial charge in [-0.2, -0.15) is 0 Å². The predicted octanol–water partition coefficient (Wildman–Crippen LogP) is 3.76. The minimum Gasteiger partial charge on any atom is -0.444 e. The summed E-state index contributed by atoms with van der Waals surface area (Å²) in [5.74, 6) is 1.74. The minimum absolute atomic E-state index is 0.0236. The summed E-state index contributed by atoms with van der Waals surface area (Å²) in [5.41, 5.74) is 3.50. The van der Waals surface area contributed by atoms with Gasteiger partial charge in [0.15, 0.2) is 11.6 Å². The van der Waals surface area contributed by atoms with Gasteiger partial charge in [-0.15, -0.1) is 0 Å². The predicted molar refractivity (Wildman–Crippen MR) is 262 cm³/mol. The molecule has 0 saturated carbocycles. The third-order valence-electron chi connectivity index (χ3n) is 11.2. The number of piperazine rings is 2. The van der Waals surface area contributed by atoms with E-state index in [1.54, 1.807) is 36.8 Å². The zero-order chi connectivity index (χ0) is 50.8. The van der Waals surface area contributed by atoms with E-state index in [1.165, 1.54) is 21.1 Å². The van der Waals surface area contributed by atoms with E-state index in [1.807, 2.05) is 68.0 Å². The van der Waals surface area contributed by atoms with Gasteiger partial charge in [0, 0.05) is 128 Å². The largest absolute Gasteiger partial charge is 0.444 e. The molecule has 0 atom stereocenters. The van der Waals surface area contributed by atoms with E-state index >= 15 is 0 Å². The van der Waals surface area contributed by atoms with E-state index in [4.69, 9.17) is 14.2 Å². The number of amides is 3. The Morgan fingerprint density at radius 1 is 0.580 bits per heavy atom. The van der Waals surface area contributed by atoms with E-state index in [9.17, 15) is 24.0 Å². The zero-order valence-electron chi connectivity index (χ0n) is 43.4. The number of aromatic nitrogens is 4. The summed E-state index contributed by atoms with van der Waals surface area (Å²) in [6.45, 7) is 28.6. The van der Waals surface area contributed by atoms with Gasteiger partial charge in [-0.3, -0.25) is 19.4 Å². The summed E-state index contributed by atoms with van der Waals surface area (Å²) in [4.78, 5) is 91.5. The number of carbonyl (C=O) groups is 5. The molecule has 69 heavy (non-hydrogen) atoms. The molecule has 3 amide bonds. The Labute approximate surface area is 408 Å². The topological polar surface area (TPSA) is 203 Å². The van der Waals surface area contributed by atoms with Gasteiger partial charge in [0.25, 0.3) is 0 Å². The molecule has 1 N–H and O–H groups in total. The average molecular weight is 964 g/mol. The number of nitrogens with one attached hydrogen (secondary N) is 1. The first kappa shape index (κ1) is 54.3. The molecule has 0 bridgehead atoms. The maximum atomic E-state index is 12.2. The fourth-order valence-electron chi connectivity index (χ4n) is 7.58. The van der Waals surface area contributed by atoms with Crippen LogP contribution in [-0.2, 0) is 50.0 Å². The molecule has 2 aromatic heterocycles. The number of anilines is 2. The number of carbonyl (C=O) groups excluding carboxylic acids is 5. The van der Waals surface area contributed by atoms with Gasteiger partial charge in [0.05, 0.1) is 44.1 Å². The van der Waals surface area contributed by atoms with Crippen molar-refractivity contribution in [1.29, 1.82) is 0 Å². The lowest BCUT2D eigenvalue weighted by Crippen LogP contribution is -2.45. The van der Waals surface area contributed by atoms with E-state index in [0.29, 0.717) is 38.2 Å². The molecule has 382 valence electrons. The van der Waals surface area contributed by atoms with Crippen molar-refractivity contribution in [2.75, 3.05) is 117 Å². The van der Waals surface area contributed by atoms with Gasteiger partial charge in [-0.05, 0) is 76.4 Å². The van der Waals surface area contributed by atoms with Crippen molar-refractivity contribution >= 4 is 41.7 Å². The molecule has 4 saturated heterocycles. The highest BCUT2D eigenvalue weighted by Crippen LogP contribution is 2.25. The number of ketones is 2. The number of hydrogen-bond acceptors (Lipinski definition) is 18. The van der Waals surface area contributed by atoms with Gasteiger partial charge in [-0.1, -0.05) is 0 Å². The molecule has 0 unspecified atom stereocenters. The van der Waals surface area contributed by atoms with Crippen molar-refractivity contribution in [3.63, 3.8) is 0 Å². The highest BCUT2D eigenvalue weighted by Gasteiger charge is 2.33. The molecular formula is C48H77N13O8. The summed E-state index contributed by atoms with van der Waals surface area (Å²) in [7, 11) is 7.97. The first-order valence-corrected chi connectivity index (χ1v) is 23.8. The highest BCUT2D eigenvalue weighted by atomic mass is 16.6. The second-order valence-electron chi connectivity index (χ2n) is 21.4. The molecule has 0 spiro atoms. The smallest absolute Gasteiger partial charge is 0.411 e. The highest BCUT2D eigenvalue weighted by molar-refractivity contribution is 6.01. The summed E-state index contributed by atoms with van der Waals surface area (Å²) in [5, 5.41) is 3.30. The van der Waals surface area contributed by atoms with Crippen LogP contribution in [0.2, 0.25) is 0 Å². The molecule has 2 aromatic rings. The van der Waals surface area contributed by atoms with Crippen molar-refractivity contribution in [3.8, 4) is 0 Å². The van der Waals surface area contributed by atoms with Crippen molar-refractivity contribution in [1.82, 2.24) is 54.7 Å². The lowest BCUT2D eigenvalue weighted by molar-refractivity contribution is -0.117. The molecular weight excluding hydrogens is 887 g/mol. The van der Waals surface area contributed by atoms with Gasteiger partial charge < -0.3 is 48.9 Å². The Bertz CT molecular complexity index is 2150. The summed E-state index contributed by atoms with van der Waals surface area (Å²) in [6.07, 6.45) is 4.89. The van der Waals surface area contributed by atoms with Gasteiger partial charge in [-0.25, -0.2) is 34.3 Å². The van der Waals surface area contributed by atoms with Crippen LogP contribution in [0.4, 0.5) is 26.3 Å². The minimum atomic E-state index is -0.534. The normalized spacial score (nSPS) is 19.2. The number of Topliss-reactive ketones (excluding diaryl/α,β-unsaturated/α-hetero) is 2. The lowest BCUT2D eigenvalue weighted by atomic mass is 10.2. The monoisotopic (exact) mass is 964 g/mol. The van der Waals surface area contributed by atoms with Crippen LogP contribution < -0.4 is 15.1 Å². The second kappa shape index (κ2) is 23.3. The molecule has 0 radical (unpaired) electrons. The van der Waals surface area contributed by atoms with Crippen molar-refractivity contribution in [3.05, 3.63) is 46.7 Å². The molecule has 21 heteroatoms. The van der Waals surface area contributed by atoms with Crippen LogP contribution in [0.1, 0.15) is 91.2 Å². The molecule has 6 aliphatic rings. The SMILES string of the molecule is CC(C)(C)OC(=O)N1CCC(=O)C1.CN(C)/C=C1\CN(C(=O)OC(C)(C)C)CC1=O.CN1CCN(c2ncc3c(n2)CN(C(=O)OC(C)(C)C)C3)CC1.CN1CCN(c2ncc3c(n2)CNC3)CC1. The Kier molecular flexibility index (Phi) is 18.3. The number of ether oxygens (including phenoxy) is 3. The van der Waals surface area contributed by atoms with E-state index < -0.39 is 29.0 Å². The summed E-state index contributed by atoms with van der Waals surface area (Å²) < 4.78 is 15.8. The molecule has 21 nitrogen and oxygen atoms in total. The van der Waals surface area contributed by atoms with Crippen LogP contribution in [0.25, 0.3) is 0 Å². The molecule has 8 heterocycles. The molecule has 8 rings (SSSR count). The number of hydrogen-bond donors (Lipinski definition) is 1. The first-order valence-electron chi connectivity index (χ1n) is 23.8. The van der Waals surface area contributed by atoms with Crippen LogP contribution in [0.3, 0.4) is 0 Å².